The van der Waals surface area contributed by atoms with Gasteiger partial charge in [-0.3, -0.25) is 0 Å². The maximum atomic E-state index is 8.60. The van der Waals surface area contributed by atoms with E-state index in [0.29, 0.717) is 5.56 Å². The number of hydrazone groups is 1. The molecule has 0 radical (unpaired) electrons. The molecule has 0 saturated carbocycles. The number of rotatable bonds is 1. The van der Waals surface area contributed by atoms with Gasteiger partial charge in [0.25, 0.3) is 0 Å². The van der Waals surface area contributed by atoms with Crippen molar-refractivity contribution in [3.63, 3.8) is 0 Å². The van der Waals surface area contributed by atoms with E-state index in [0.717, 1.165) is 10.0 Å². The second-order valence-corrected chi connectivity index (χ2v) is 2.98. The number of halogens is 1. The summed E-state index contributed by atoms with van der Waals surface area (Å²) in [5.41, 5.74) is 1.47. The van der Waals surface area contributed by atoms with Crippen LogP contribution in [0.15, 0.2) is 27.8 Å². The van der Waals surface area contributed by atoms with E-state index in [4.69, 9.17) is 11.1 Å². The van der Waals surface area contributed by atoms with Gasteiger partial charge in [0, 0.05) is 4.47 Å². The van der Waals surface area contributed by atoms with E-state index in [1.165, 1.54) is 6.21 Å². The molecule has 0 spiro atoms. The minimum Gasteiger partial charge on any atom is -0.323 e. The molecule has 2 N–H and O–H groups in total. The van der Waals surface area contributed by atoms with Gasteiger partial charge in [0.1, 0.15) is 6.07 Å². The van der Waals surface area contributed by atoms with Crippen LogP contribution in [0.1, 0.15) is 11.1 Å². The molecular weight excluding hydrogens is 218 g/mol. The zero-order valence-corrected chi connectivity index (χ0v) is 7.75. The predicted octanol–water partition coefficient (Wildman–Crippen LogP) is 1.61. The third-order valence-corrected chi connectivity index (χ3v) is 1.99. The van der Waals surface area contributed by atoms with E-state index >= 15 is 0 Å². The summed E-state index contributed by atoms with van der Waals surface area (Å²) in [4.78, 5) is 0. The molecule has 0 aliphatic heterocycles. The Morgan fingerprint density at radius 1 is 1.58 bits per heavy atom. The molecule has 0 heterocycles. The van der Waals surface area contributed by atoms with E-state index in [1.54, 1.807) is 18.2 Å². The van der Waals surface area contributed by atoms with Crippen molar-refractivity contribution in [1.82, 2.24) is 0 Å². The van der Waals surface area contributed by atoms with Crippen molar-refractivity contribution in [3.8, 4) is 6.07 Å². The van der Waals surface area contributed by atoms with Gasteiger partial charge in [-0.25, -0.2) is 0 Å². The first kappa shape index (κ1) is 8.75. The minimum atomic E-state index is 0.601. The molecule has 12 heavy (non-hydrogen) atoms. The topological polar surface area (TPSA) is 62.2 Å². The van der Waals surface area contributed by atoms with Gasteiger partial charge < -0.3 is 5.84 Å². The van der Waals surface area contributed by atoms with Crippen LogP contribution in [0, 0.1) is 11.3 Å². The molecule has 60 valence electrons. The van der Waals surface area contributed by atoms with Crippen LogP contribution in [-0.4, -0.2) is 6.21 Å². The molecule has 1 aromatic carbocycles. The largest absolute Gasteiger partial charge is 0.323 e. The molecular formula is C8H6BrN3. The summed E-state index contributed by atoms with van der Waals surface area (Å²) in [5.74, 6) is 4.97. The van der Waals surface area contributed by atoms with Gasteiger partial charge in [-0.1, -0.05) is 6.07 Å². The number of hydrogen-bond acceptors (Lipinski definition) is 3. The standard InChI is InChI=1S/C8H6BrN3/c9-8-3-6(5-12-11)1-2-7(8)4-10/h1-3,5H,11H2. The molecule has 0 unspecified atom stereocenters. The summed E-state index contributed by atoms with van der Waals surface area (Å²) in [6, 6.07) is 7.32. The number of hydrogen-bond donors (Lipinski definition) is 1. The van der Waals surface area contributed by atoms with Gasteiger partial charge in [0.2, 0.25) is 0 Å². The minimum absolute atomic E-state index is 0.601. The number of nitriles is 1. The number of benzene rings is 1. The zero-order chi connectivity index (χ0) is 8.97. The fourth-order valence-corrected chi connectivity index (χ4v) is 1.27. The van der Waals surface area contributed by atoms with Crippen LogP contribution in [-0.2, 0) is 0 Å². The Labute approximate surface area is 78.6 Å². The Balaban J connectivity index is 3.12. The van der Waals surface area contributed by atoms with E-state index in [-0.39, 0.29) is 0 Å². The van der Waals surface area contributed by atoms with E-state index in [9.17, 15) is 0 Å². The quantitative estimate of drug-likeness (QED) is 0.447. The molecule has 0 atom stereocenters. The van der Waals surface area contributed by atoms with Crippen LogP contribution in [0.25, 0.3) is 0 Å². The molecule has 0 bridgehead atoms. The molecule has 0 aliphatic carbocycles. The van der Waals surface area contributed by atoms with E-state index in [1.807, 2.05) is 6.07 Å². The van der Waals surface area contributed by atoms with Crippen molar-refractivity contribution in [2.24, 2.45) is 10.9 Å². The maximum Gasteiger partial charge on any atom is 0.100 e. The van der Waals surface area contributed by atoms with Gasteiger partial charge in [-0.05, 0) is 33.6 Å². The second kappa shape index (κ2) is 3.88. The van der Waals surface area contributed by atoms with Gasteiger partial charge in [-0.2, -0.15) is 10.4 Å². The molecule has 4 heteroatoms. The zero-order valence-electron chi connectivity index (χ0n) is 6.16. The van der Waals surface area contributed by atoms with Crippen LogP contribution >= 0.6 is 15.9 Å². The first-order valence-corrected chi connectivity index (χ1v) is 4.00. The van der Waals surface area contributed by atoms with Gasteiger partial charge in [0.05, 0.1) is 11.8 Å². The average molecular weight is 224 g/mol. The fraction of sp³-hybridized carbons (Fsp3) is 0. The van der Waals surface area contributed by atoms with E-state index in [2.05, 4.69) is 21.0 Å². The smallest absolute Gasteiger partial charge is 0.100 e. The molecule has 1 rings (SSSR count). The third kappa shape index (κ3) is 1.83. The van der Waals surface area contributed by atoms with Crippen LogP contribution < -0.4 is 5.84 Å². The highest BCUT2D eigenvalue weighted by Crippen LogP contribution is 2.16. The first-order chi connectivity index (χ1) is 5.77. The fourth-order valence-electron chi connectivity index (χ4n) is 0.788. The maximum absolute atomic E-state index is 8.60. The van der Waals surface area contributed by atoms with E-state index < -0.39 is 0 Å². The van der Waals surface area contributed by atoms with Gasteiger partial charge in [0.15, 0.2) is 0 Å². The Hall–Kier alpha value is -1.34. The summed E-state index contributed by atoms with van der Waals surface area (Å²) < 4.78 is 0.752. The summed E-state index contributed by atoms with van der Waals surface area (Å²) >= 11 is 3.25. The monoisotopic (exact) mass is 223 g/mol. The van der Waals surface area contributed by atoms with Crippen LogP contribution in [0.4, 0.5) is 0 Å². The highest BCUT2D eigenvalue weighted by atomic mass is 79.9. The van der Waals surface area contributed by atoms with Crippen molar-refractivity contribution in [1.29, 1.82) is 5.26 Å². The van der Waals surface area contributed by atoms with Crippen LogP contribution in [0.2, 0.25) is 0 Å². The Bertz CT molecular complexity index is 352. The molecule has 0 aliphatic rings. The molecule has 3 nitrogen and oxygen atoms in total. The third-order valence-electron chi connectivity index (χ3n) is 1.34. The average Bonchev–Trinajstić information content (AvgIpc) is 2.05. The lowest BCUT2D eigenvalue weighted by atomic mass is 10.2. The van der Waals surface area contributed by atoms with Crippen LogP contribution in [0.5, 0.6) is 0 Å². The number of nitrogens with two attached hydrogens (primary N) is 1. The first-order valence-electron chi connectivity index (χ1n) is 3.21. The second-order valence-electron chi connectivity index (χ2n) is 2.13. The van der Waals surface area contributed by atoms with Crippen molar-refractivity contribution in [3.05, 3.63) is 33.8 Å². The Morgan fingerprint density at radius 2 is 2.33 bits per heavy atom. The normalized spacial score (nSPS) is 10.0. The van der Waals surface area contributed by atoms with Crippen molar-refractivity contribution >= 4 is 22.1 Å². The SMILES string of the molecule is N#Cc1ccc(C=NN)cc1Br. The summed E-state index contributed by atoms with van der Waals surface area (Å²) in [6.45, 7) is 0. The molecule has 0 fully saturated rings. The molecule has 0 saturated heterocycles. The van der Waals surface area contributed by atoms with Gasteiger partial charge >= 0.3 is 0 Å². The lowest BCUT2D eigenvalue weighted by Gasteiger charge is -1.95. The predicted molar refractivity (Wildman–Crippen MR) is 50.6 cm³/mol. The summed E-state index contributed by atoms with van der Waals surface area (Å²) in [5, 5.41) is 12.0. The van der Waals surface area contributed by atoms with Crippen LogP contribution in [0.3, 0.4) is 0 Å². The highest BCUT2D eigenvalue weighted by Gasteiger charge is 1.97. The molecule has 0 aromatic heterocycles. The number of nitrogens with zero attached hydrogens (tertiary/aromatic N) is 2. The Kier molecular flexibility index (Phi) is 2.83. The summed E-state index contributed by atoms with van der Waals surface area (Å²) in [6.07, 6.45) is 1.52. The Morgan fingerprint density at radius 3 is 2.83 bits per heavy atom. The van der Waals surface area contributed by atoms with Crippen molar-refractivity contribution in [2.75, 3.05) is 0 Å². The highest BCUT2D eigenvalue weighted by molar-refractivity contribution is 9.10. The lowest BCUT2D eigenvalue weighted by molar-refractivity contribution is 1.26. The van der Waals surface area contributed by atoms with Crippen molar-refractivity contribution < 1.29 is 0 Å². The van der Waals surface area contributed by atoms with Crippen molar-refractivity contribution in [2.45, 2.75) is 0 Å². The molecule has 1 aromatic rings. The summed E-state index contributed by atoms with van der Waals surface area (Å²) in [7, 11) is 0. The molecule has 0 amide bonds. The lowest BCUT2D eigenvalue weighted by Crippen LogP contribution is -1.87. The van der Waals surface area contributed by atoms with Gasteiger partial charge in [-0.15, -0.1) is 0 Å².